The van der Waals surface area contributed by atoms with Crippen LogP contribution in [0.3, 0.4) is 0 Å². The van der Waals surface area contributed by atoms with Gasteiger partial charge in [0.05, 0.1) is 11.7 Å². The zero-order valence-corrected chi connectivity index (χ0v) is 14.0. The fourth-order valence-corrected chi connectivity index (χ4v) is 3.29. The van der Waals surface area contributed by atoms with E-state index in [4.69, 9.17) is 12.2 Å². The molecule has 1 aliphatic carbocycles. The maximum absolute atomic E-state index is 11.8. The van der Waals surface area contributed by atoms with Gasteiger partial charge in [-0.2, -0.15) is 0 Å². The Morgan fingerprint density at radius 2 is 1.84 bits per heavy atom. The quantitative estimate of drug-likeness (QED) is 0.752. The zero-order valence-electron chi connectivity index (χ0n) is 14.0. The molecule has 0 saturated heterocycles. The minimum absolute atomic E-state index is 0.216. The monoisotopic (exact) mass is 334 g/mol. The highest BCUT2D eigenvalue weighted by Crippen LogP contribution is 2.29. The van der Waals surface area contributed by atoms with Crippen molar-refractivity contribution < 1.29 is 9.90 Å². The van der Waals surface area contributed by atoms with Crippen LogP contribution in [0.1, 0.15) is 41.6 Å². The van der Waals surface area contributed by atoms with Gasteiger partial charge in [-0.15, -0.1) is 6.42 Å². The second-order valence-electron chi connectivity index (χ2n) is 6.50. The summed E-state index contributed by atoms with van der Waals surface area (Å²) >= 11 is 0. The lowest BCUT2D eigenvalue weighted by atomic mass is 9.92. The van der Waals surface area contributed by atoms with E-state index in [1.54, 1.807) is 6.07 Å². The summed E-state index contributed by atoms with van der Waals surface area (Å²) in [6, 6.07) is 13.5. The molecule has 4 nitrogen and oxygen atoms in total. The van der Waals surface area contributed by atoms with Gasteiger partial charge in [0.25, 0.3) is 5.91 Å². The highest BCUT2D eigenvalue weighted by Gasteiger charge is 2.21. The van der Waals surface area contributed by atoms with Crippen LogP contribution in [-0.2, 0) is 0 Å². The second-order valence-corrected chi connectivity index (χ2v) is 6.50. The smallest absolute Gasteiger partial charge is 0.250 e. The summed E-state index contributed by atoms with van der Waals surface area (Å²) in [6.07, 6.45) is 8.55. The summed E-state index contributed by atoms with van der Waals surface area (Å²) in [4.78, 5) is 11.8. The van der Waals surface area contributed by atoms with Gasteiger partial charge in [-0.3, -0.25) is 4.79 Å². The molecule has 0 heterocycles. The van der Waals surface area contributed by atoms with Crippen LogP contribution < -0.4 is 11.1 Å². The van der Waals surface area contributed by atoms with E-state index in [1.165, 1.54) is 0 Å². The normalized spacial score (nSPS) is 19.8. The second kappa shape index (κ2) is 7.42. The zero-order chi connectivity index (χ0) is 17.8. The lowest BCUT2D eigenvalue weighted by Crippen LogP contribution is -2.29. The van der Waals surface area contributed by atoms with Crippen molar-refractivity contribution in [2.75, 3.05) is 5.32 Å². The van der Waals surface area contributed by atoms with Crippen molar-refractivity contribution in [2.24, 2.45) is 5.73 Å². The number of anilines is 1. The maximum Gasteiger partial charge on any atom is 0.250 e. The molecule has 0 atom stereocenters. The van der Waals surface area contributed by atoms with Gasteiger partial charge in [-0.05, 0) is 61.1 Å². The molecule has 2 aromatic carbocycles. The molecule has 3 rings (SSSR count). The Kier molecular flexibility index (Phi) is 5.06. The minimum Gasteiger partial charge on any atom is -0.393 e. The van der Waals surface area contributed by atoms with E-state index in [-0.39, 0.29) is 12.1 Å². The van der Waals surface area contributed by atoms with Crippen molar-refractivity contribution in [3.63, 3.8) is 0 Å². The average Bonchev–Trinajstić information content (AvgIpc) is 2.63. The number of aliphatic hydroxyl groups excluding tert-OH is 1. The van der Waals surface area contributed by atoms with E-state index in [1.807, 2.05) is 36.4 Å². The van der Waals surface area contributed by atoms with Crippen LogP contribution >= 0.6 is 0 Å². The number of aliphatic hydroxyl groups is 1. The van der Waals surface area contributed by atoms with Crippen LogP contribution in [0.25, 0.3) is 11.1 Å². The standard InChI is InChI=1S/C21H22N2O2/c1-2-14-4-3-5-15(12-14)16-6-11-19(21(22)25)20(13-16)23-17-7-9-18(24)10-8-17/h1,3-6,11-13,17-18,23-24H,7-10H2,(H2,22,25). The molecule has 2 aromatic rings. The fourth-order valence-electron chi connectivity index (χ4n) is 3.29. The summed E-state index contributed by atoms with van der Waals surface area (Å²) in [6.45, 7) is 0. The molecule has 0 aliphatic heterocycles. The lowest BCUT2D eigenvalue weighted by Gasteiger charge is -2.28. The Balaban J connectivity index is 1.92. The molecule has 0 radical (unpaired) electrons. The van der Waals surface area contributed by atoms with Gasteiger partial charge < -0.3 is 16.2 Å². The highest BCUT2D eigenvalue weighted by molar-refractivity contribution is 5.99. The molecule has 0 unspecified atom stereocenters. The summed E-state index contributed by atoms with van der Waals surface area (Å²) in [5, 5.41) is 13.1. The molecule has 1 aliphatic rings. The van der Waals surface area contributed by atoms with Crippen LogP contribution in [0.2, 0.25) is 0 Å². The number of nitrogens with one attached hydrogen (secondary N) is 1. The number of rotatable bonds is 4. The van der Waals surface area contributed by atoms with Gasteiger partial charge >= 0.3 is 0 Å². The van der Waals surface area contributed by atoms with E-state index < -0.39 is 5.91 Å². The number of benzene rings is 2. The third kappa shape index (κ3) is 4.01. The first kappa shape index (κ1) is 17.1. The number of terminal acetylenes is 1. The van der Waals surface area contributed by atoms with Crippen LogP contribution in [-0.4, -0.2) is 23.2 Å². The molecule has 0 spiro atoms. The first-order chi connectivity index (χ1) is 12.1. The molecule has 4 heteroatoms. The predicted molar refractivity (Wildman–Crippen MR) is 100 cm³/mol. The van der Waals surface area contributed by atoms with E-state index in [0.717, 1.165) is 48.1 Å². The van der Waals surface area contributed by atoms with Gasteiger partial charge in [0.1, 0.15) is 0 Å². The Bertz CT molecular complexity index is 815. The molecule has 0 bridgehead atoms. The summed E-state index contributed by atoms with van der Waals surface area (Å²) < 4.78 is 0. The third-order valence-electron chi connectivity index (χ3n) is 4.70. The van der Waals surface area contributed by atoms with E-state index in [9.17, 15) is 9.90 Å². The molecule has 4 N–H and O–H groups in total. The van der Waals surface area contributed by atoms with Gasteiger partial charge in [-0.25, -0.2) is 0 Å². The SMILES string of the molecule is C#Cc1cccc(-c2ccc(C(N)=O)c(NC3CCC(O)CC3)c2)c1. The van der Waals surface area contributed by atoms with Crippen LogP contribution in [0.5, 0.6) is 0 Å². The number of nitrogens with two attached hydrogens (primary N) is 1. The Morgan fingerprint density at radius 3 is 2.52 bits per heavy atom. The van der Waals surface area contributed by atoms with Gasteiger partial charge in [-0.1, -0.05) is 24.1 Å². The highest BCUT2D eigenvalue weighted by atomic mass is 16.3. The number of primary amides is 1. The Labute approximate surface area is 148 Å². The molecule has 25 heavy (non-hydrogen) atoms. The van der Waals surface area contributed by atoms with Crippen LogP contribution in [0.4, 0.5) is 5.69 Å². The van der Waals surface area contributed by atoms with Crippen molar-refractivity contribution >= 4 is 11.6 Å². The largest absolute Gasteiger partial charge is 0.393 e. The maximum atomic E-state index is 11.8. The number of amides is 1. The molecule has 1 saturated carbocycles. The molecular weight excluding hydrogens is 312 g/mol. The van der Waals surface area contributed by atoms with Crippen molar-refractivity contribution in [3.8, 4) is 23.5 Å². The molecule has 0 aromatic heterocycles. The van der Waals surface area contributed by atoms with Crippen LogP contribution in [0.15, 0.2) is 42.5 Å². The third-order valence-corrected chi connectivity index (χ3v) is 4.70. The van der Waals surface area contributed by atoms with E-state index in [2.05, 4.69) is 11.2 Å². The Hall–Kier alpha value is -2.77. The Morgan fingerprint density at radius 1 is 1.12 bits per heavy atom. The molecule has 128 valence electrons. The lowest BCUT2D eigenvalue weighted by molar-refractivity contribution is 0.100. The summed E-state index contributed by atoms with van der Waals surface area (Å²) in [7, 11) is 0. The number of carbonyl (C=O) groups excluding carboxylic acids is 1. The van der Waals surface area contributed by atoms with Gasteiger partial charge in [0, 0.05) is 17.3 Å². The van der Waals surface area contributed by atoms with Crippen molar-refractivity contribution in [3.05, 3.63) is 53.6 Å². The average molecular weight is 334 g/mol. The topological polar surface area (TPSA) is 75.4 Å². The summed E-state index contributed by atoms with van der Waals surface area (Å²) in [5.41, 5.74) is 9.52. The molecular formula is C21H22N2O2. The molecule has 1 amide bonds. The minimum atomic E-state index is -0.456. The number of carbonyl (C=O) groups is 1. The molecule has 1 fully saturated rings. The first-order valence-corrected chi connectivity index (χ1v) is 8.52. The van der Waals surface area contributed by atoms with Gasteiger partial charge in [0.15, 0.2) is 0 Å². The van der Waals surface area contributed by atoms with Crippen molar-refractivity contribution in [1.29, 1.82) is 0 Å². The first-order valence-electron chi connectivity index (χ1n) is 8.52. The van der Waals surface area contributed by atoms with Crippen LogP contribution in [0, 0.1) is 12.3 Å². The van der Waals surface area contributed by atoms with Gasteiger partial charge in [0.2, 0.25) is 0 Å². The number of hydrogen-bond donors (Lipinski definition) is 3. The van der Waals surface area contributed by atoms with E-state index in [0.29, 0.717) is 5.56 Å². The fraction of sp³-hybridized carbons (Fsp3) is 0.286. The predicted octanol–water partition coefficient (Wildman–Crippen LogP) is 3.15. The summed E-state index contributed by atoms with van der Waals surface area (Å²) in [5.74, 6) is 2.18. The number of hydrogen-bond acceptors (Lipinski definition) is 3. The van der Waals surface area contributed by atoms with Crippen molar-refractivity contribution in [1.82, 2.24) is 0 Å². The van der Waals surface area contributed by atoms with Crippen molar-refractivity contribution in [2.45, 2.75) is 37.8 Å². The van der Waals surface area contributed by atoms with E-state index >= 15 is 0 Å².